The van der Waals surface area contributed by atoms with Gasteiger partial charge in [-0.2, -0.15) is 0 Å². The van der Waals surface area contributed by atoms with Crippen LogP contribution in [0, 0.1) is 6.92 Å². The van der Waals surface area contributed by atoms with Gasteiger partial charge in [0.1, 0.15) is 0 Å². The summed E-state index contributed by atoms with van der Waals surface area (Å²) in [6.07, 6.45) is 1.48. The van der Waals surface area contributed by atoms with Gasteiger partial charge in [-0.1, -0.05) is 6.07 Å². The monoisotopic (exact) mass is 319 g/mol. The molecule has 0 fully saturated rings. The largest absolute Gasteiger partial charge is 0.322 e. The molecule has 0 bridgehead atoms. The van der Waals surface area contributed by atoms with E-state index in [1.54, 1.807) is 24.3 Å². The number of hydrogen-bond acceptors (Lipinski definition) is 4. The van der Waals surface area contributed by atoms with Crippen molar-refractivity contribution < 1.29 is 13.2 Å². The fourth-order valence-corrected chi connectivity index (χ4v) is 2.70. The summed E-state index contributed by atoms with van der Waals surface area (Å²) in [5.74, 6) is -0.341. The van der Waals surface area contributed by atoms with E-state index < -0.39 is 10.0 Å². The third kappa shape index (κ3) is 3.49. The zero-order chi connectivity index (χ0) is 16.3. The Morgan fingerprint density at radius 1 is 1.18 bits per heavy atom. The molecular weight excluding hydrogens is 302 g/mol. The van der Waals surface area contributed by atoms with Gasteiger partial charge in [-0.25, -0.2) is 12.7 Å². The molecule has 1 aromatic carbocycles. The fourth-order valence-electron chi connectivity index (χ4n) is 1.75. The molecule has 22 heavy (non-hydrogen) atoms. The summed E-state index contributed by atoms with van der Waals surface area (Å²) in [5, 5.41) is 2.67. The highest BCUT2D eigenvalue weighted by molar-refractivity contribution is 7.89. The topological polar surface area (TPSA) is 79.4 Å². The van der Waals surface area contributed by atoms with Gasteiger partial charge < -0.3 is 5.32 Å². The van der Waals surface area contributed by atoms with Crippen LogP contribution < -0.4 is 5.32 Å². The Kier molecular flexibility index (Phi) is 4.58. The molecule has 116 valence electrons. The number of nitrogens with one attached hydrogen (secondary N) is 1. The number of benzene rings is 1. The Balaban J connectivity index is 2.24. The Morgan fingerprint density at radius 2 is 1.91 bits per heavy atom. The molecule has 2 aromatic rings. The van der Waals surface area contributed by atoms with Crippen LogP contribution in [0.4, 0.5) is 5.69 Å². The minimum absolute atomic E-state index is 0.123. The molecule has 0 saturated heterocycles. The Hall–Kier alpha value is -2.25. The van der Waals surface area contributed by atoms with Gasteiger partial charge in [0.2, 0.25) is 10.0 Å². The number of amides is 1. The molecule has 0 radical (unpaired) electrons. The summed E-state index contributed by atoms with van der Waals surface area (Å²) in [6.45, 7) is 1.83. The van der Waals surface area contributed by atoms with Crippen LogP contribution in [-0.2, 0) is 10.0 Å². The molecule has 1 heterocycles. The first-order valence-electron chi connectivity index (χ1n) is 6.57. The van der Waals surface area contributed by atoms with Gasteiger partial charge in [-0.05, 0) is 37.3 Å². The zero-order valence-electron chi connectivity index (χ0n) is 12.6. The molecule has 0 saturated carbocycles. The highest BCUT2D eigenvalue weighted by Gasteiger charge is 2.17. The van der Waals surface area contributed by atoms with Crippen molar-refractivity contribution in [3.8, 4) is 0 Å². The van der Waals surface area contributed by atoms with E-state index in [2.05, 4.69) is 10.3 Å². The van der Waals surface area contributed by atoms with Crippen molar-refractivity contribution in [2.45, 2.75) is 11.8 Å². The van der Waals surface area contributed by atoms with Crippen LogP contribution in [0.2, 0.25) is 0 Å². The number of aromatic nitrogens is 1. The van der Waals surface area contributed by atoms with Gasteiger partial charge in [0.15, 0.2) is 0 Å². The first-order chi connectivity index (χ1) is 10.3. The normalized spacial score (nSPS) is 11.5. The quantitative estimate of drug-likeness (QED) is 0.933. The predicted molar refractivity (Wildman–Crippen MR) is 84.2 cm³/mol. The second kappa shape index (κ2) is 6.25. The van der Waals surface area contributed by atoms with Gasteiger partial charge in [0, 0.05) is 31.7 Å². The molecule has 1 aromatic heterocycles. The van der Waals surface area contributed by atoms with E-state index in [1.807, 2.05) is 6.92 Å². The number of sulfonamides is 1. The van der Waals surface area contributed by atoms with Gasteiger partial charge in [-0.3, -0.25) is 9.78 Å². The van der Waals surface area contributed by atoms with Gasteiger partial charge in [0.05, 0.1) is 10.5 Å². The molecule has 1 amide bonds. The van der Waals surface area contributed by atoms with E-state index in [1.165, 1.54) is 32.4 Å². The first-order valence-corrected chi connectivity index (χ1v) is 8.01. The third-order valence-electron chi connectivity index (χ3n) is 3.04. The van der Waals surface area contributed by atoms with E-state index in [9.17, 15) is 13.2 Å². The SMILES string of the molecule is Cc1ccc(C(=O)Nc2cccc(S(=O)(=O)N(C)C)c2)cn1. The van der Waals surface area contributed by atoms with Crippen molar-refractivity contribution in [1.29, 1.82) is 0 Å². The highest BCUT2D eigenvalue weighted by Crippen LogP contribution is 2.18. The molecule has 0 unspecified atom stereocenters. The van der Waals surface area contributed by atoms with Crippen LogP contribution in [0.3, 0.4) is 0 Å². The molecule has 0 atom stereocenters. The average Bonchev–Trinajstić information content (AvgIpc) is 2.48. The number of rotatable bonds is 4. The number of hydrogen-bond donors (Lipinski definition) is 1. The predicted octanol–water partition coefficient (Wildman–Crippen LogP) is 1.89. The second-order valence-corrected chi connectivity index (χ2v) is 7.11. The maximum absolute atomic E-state index is 12.1. The molecule has 2 rings (SSSR count). The number of aryl methyl sites for hydroxylation is 1. The van der Waals surface area contributed by atoms with E-state index in [4.69, 9.17) is 0 Å². The molecule has 7 heteroatoms. The Bertz CT molecular complexity index is 784. The van der Waals surface area contributed by atoms with Crippen LogP contribution >= 0.6 is 0 Å². The lowest BCUT2D eigenvalue weighted by atomic mass is 10.2. The molecule has 0 aliphatic rings. The van der Waals surface area contributed by atoms with Gasteiger partial charge >= 0.3 is 0 Å². The standard InChI is InChI=1S/C15H17N3O3S/c1-11-7-8-12(10-16-11)15(19)17-13-5-4-6-14(9-13)22(20,21)18(2)3/h4-10H,1-3H3,(H,17,19). The summed E-state index contributed by atoms with van der Waals surface area (Å²) in [7, 11) is -0.622. The van der Waals surface area contributed by atoms with Gasteiger partial charge in [-0.15, -0.1) is 0 Å². The lowest BCUT2D eigenvalue weighted by molar-refractivity contribution is 0.102. The van der Waals surface area contributed by atoms with Crippen molar-refractivity contribution >= 4 is 21.6 Å². The lowest BCUT2D eigenvalue weighted by Gasteiger charge is -2.12. The first kappa shape index (κ1) is 16.1. The summed E-state index contributed by atoms with van der Waals surface area (Å²) in [6, 6.07) is 9.53. The third-order valence-corrected chi connectivity index (χ3v) is 4.86. The number of pyridine rings is 1. The van der Waals surface area contributed by atoms with E-state index in [0.29, 0.717) is 11.3 Å². The van der Waals surface area contributed by atoms with Crippen LogP contribution in [0.15, 0.2) is 47.5 Å². The maximum atomic E-state index is 12.1. The summed E-state index contributed by atoms with van der Waals surface area (Å²) < 4.78 is 25.3. The average molecular weight is 319 g/mol. The fraction of sp³-hybridized carbons (Fsp3) is 0.200. The summed E-state index contributed by atoms with van der Waals surface area (Å²) in [5.41, 5.74) is 1.63. The van der Waals surface area contributed by atoms with Crippen LogP contribution in [0.25, 0.3) is 0 Å². The van der Waals surface area contributed by atoms with Crippen molar-refractivity contribution in [3.63, 3.8) is 0 Å². The van der Waals surface area contributed by atoms with E-state index in [0.717, 1.165) is 10.00 Å². The minimum Gasteiger partial charge on any atom is -0.322 e. The maximum Gasteiger partial charge on any atom is 0.257 e. The Morgan fingerprint density at radius 3 is 2.50 bits per heavy atom. The number of anilines is 1. The highest BCUT2D eigenvalue weighted by atomic mass is 32.2. The van der Waals surface area contributed by atoms with Crippen molar-refractivity contribution in [2.24, 2.45) is 0 Å². The molecule has 1 N–H and O–H groups in total. The smallest absolute Gasteiger partial charge is 0.257 e. The zero-order valence-corrected chi connectivity index (χ0v) is 13.4. The van der Waals surface area contributed by atoms with Gasteiger partial charge in [0.25, 0.3) is 5.91 Å². The van der Waals surface area contributed by atoms with Crippen molar-refractivity contribution in [1.82, 2.24) is 9.29 Å². The molecule has 6 nitrogen and oxygen atoms in total. The molecule has 0 aliphatic heterocycles. The lowest BCUT2D eigenvalue weighted by Crippen LogP contribution is -2.22. The number of carbonyl (C=O) groups is 1. The van der Waals surface area contributed by atoms with Crippen LogP contribution in [0.5, 0.6) is 0 Å². The van der Waals surface area contributed by atoms with E-state index in [-0.39, 0.29) is 10.8 Å². The van der Waals surface area contributed by atoms with Crippen molar-refractivity contribution in [2.75, 3.05) is 19.4 Å². The second-order valence-electron chi connectivity index (χ2n) is 4.96. The van der Waals surface area contributed by atoms with E-state index >= 15 is 0 Å². The van der Waals surface area contributed by atoms with Crippen LogP contribution in [0.1, 0.15) is 16.1 Å². The minimum atomic E-state index is -3.54. The Labute approximate surface area is 129 Å². The summed E-state index contributed by atoms with van der Waals surface area (Å²) >= 11 is 0. The van der Waals surface area contributed by atoms with Crippen molar-refractivity contribution in [3.05, 3.63) is 53.9 Å². The van der Waals surface area contributed by atoms with Crippen LogP contribution in [-0.4, -0.2) is 37.7 Å². The molecule has 0 spiro atoms. The number of nitrogens with zero attached hydrogens (tertiary/aromatic N) is 2. The summed E-state index contributed by atoms with van der Waals surface area (Å²) in [4.78, 5) is 16.3. The molecular formula is C15H17N3O3S. The number of carbonyl (C=O) groups excluding carboxylic acids is 1. The molecule has 0 aliphatic carbocycles.